The molecule has 0 saturated carbocycles. The van der Waals surface area contributed by atoms with E-state index in [9.17, 15) is 24.5 Å². The second kappa shape index (κ2) is 11.1. The average molecular weight is 671 g/mol. The number of fused-ring (bicyclic) bond motifs is 4. The van der Waals surface area contributed by atoms with Crippen LogP contribution in [0, 0.1) is 10.1 Å². The molecule has 3 saturated heterocycles. The van der Waals surface area contributed by atoms with Crippen molar-refractivity contribution >= 4 is 60.1 Å². The summed E-state index contributed by atoms with van der Waals surface area (Å²) in [6.07, 6.45) is -3.00. The third kappa shape index (κ3) is 5.50. The summed E-state index contributed by atoms with van der Waals surface area (Å²) in [5.74, 6) is 0.164. The first kappa shape index (κ1) is 29.6. The Kier molecular flexibility index (Phi) is 7.46. The van der Waals surface area contributed by atoms with Crippen LogP contribution in [0.1, 0.15) is 25.3 Å². The number of benzene rings is 1. The fourth-order valence-electron chi connectivity index (χ4n) is 5.37. The van der Waals surface area contributed by atoms with Crippen LogP contribution in [-0.2, 0) is 43.9 Å². The molecule has 44 heavy (non-hydrogen) atoms. The lowest BCUT2D eigenvalue weighted by molar-refractivity contribution is -0.383. The number of nitro benzene ring substituents is 1. The van der Waals surface area contributed by atoms with Gasteiger partial charge < -0.3 is 34.0 Å². The topological polar surface area (TPSA) is 256 Å². The Hall–Kier alpha value is -3.07. The zero-order chi connectivity index (χ0) is 30.8. The Morgan fingerprint density at radius 3 is 2.52 bits per heavy atom. The standard InChI is InChI=1S/C21H23N9O11P2S/c22-20-19-21(24-8-23-20)28(9-25-19)16-4-12-15(38-16)7-37-43(35,44)41-13-5-17(39-14(13)6-36-42(33,34)40-12)29-10-2-1-3-11(30(31)32)18(10)26-27-29/h1-3,8-9,12-17H,4-7H2,(H,33,34)(H,35,44)(H2,22,23,24)/t12-,13-,14+,15+,16+,17+,43?/m0/s1. The largest absolute Gasteiger partial charge is 0.472 e. The predicted molar refractivity (Wildman–Crippen MR) is 149 cm³/mol. The van der Waals surface area contributed by atoms with Crippen LogP contribution in [0.2, 0.25) is 0 Å². The Bertz CT molecular complexity index is 1860. The zero-order valence-electron chi connectivity index (χ0n) is 22.2. The van der Waals surface area contributed by atoms with Crippen LogP contribution >= 0.6 is 14.5 Å². The molecule has 3 fully saturated rings. The van der Waals surface area contributed by atoms with Gasteiger partial charge in [-0.05, 0) is 17.9 Å². The molecule has 2 unspecified atom stereocenters. The summed E-state index contributed by atoms with van der Waals surface area (Å²) in [4.78, 5) is 44.8. The van der Waals surface area contributed by atoms with Crippen LogP contribution < -0.4 is 5.73 Å². The highest BCUT2D eigenvalue weighted by atomic mass is 32.5. The highest BCUT2D eigenvalue weighted by Crippen LogP contribution is 2.53. The molecule has 0 amide bonds. The first-order valence-corrected chi connectivity index (χ1v) is 17.1. The number of nitrogens with zero attached hydrogens (tertiary/aromatic N) is 8. The fraction of sp³-hybridized carbons (Fsp3) is 0.476. The van der Waals surface area contributed by atoms with Gasteiger partial charge in [0.1, 0.15) is 42.5 Å². The number of imidazole rings is 1. The number of non-ortho nitro benzene ring substituents is 1. The van der Waals surface area contributed by atoms with Crippen molar-refractivity contribution in [2.75, 3.05) is 18.9 Å². The Balaban J connectivity index is 1.12. The second-order valence-corrected chi connectivity index (χ2v) is 14.3. The van der Waals surface area contributed by atoms with Crippen molar-refractivity contribution in [1.82, 2.24) is 34.5 Å². The van der Waals surface area contributed by atoms with Gasteiger partial charge >= 0.3 is 14.5 Å². The van der Waals surface area contributed by atoms with Gasteiger partial charge in [-0.1, -0.05) is 11.3 Å². The van der Waals surface area contributed by atoms with Gasteiger partial charge in [0.05, 0.1) is 30.0 Å². The van der Waals surface area contributed by atoms with E-state index in [1.54, 1.807) is 10.6 Å². The molecule has 0 aliphatic carbocycles. The number of anilines is 1. The minimum absolute atomic E-state index is 0.0113. The minimum atomic E-state index is -4.72. The zero-order valence-corrected chi connectivity index (χ0v) is 24.8. The van der Waals surface area contributed by atoms with Gasteiger partial charge in [-0.15, -0.1) is 5.10 Å². The van der Waals surface area contributed by atoms with Crippen LogP contribution in [0.5, 0.6) is 0 Å². The monoisotopic (exact) mass is 671 g/mol. The second-order valence-electron chi connectivity index (χ2n) is 10.1. The quantitative estimate of drug-likeness (QED) is 0.158. The molecule has 0 bridgehead atoms. The molecule has 4 aromatic rings. The number of ether oxygens (including phenoxy) is 2. The average Bonchev–Trinajstić information content (AvgIpc) is 3.75. The van der Waals surface area contributed by atoms with Crippen molar-refractivity contribution in [3.63, 3.8) is 0 Å². The predicted octanol–water partition coefficient (Wildman–Crippen LogP) is 1.47. The third-order valence-corrected chi connectivity index (χ3v) is 9.95. The molecule has 0 spiro atoms. The third-order valence-electron chi connectivity index (χ3n) is 7.35. The van der Waals surface area contributed by atoms with E-state index >= 15 is 0 Å². The van der Waals surface area contributed by atoms with Crippen LogP contribution in [-0.4, -0.2) is 86.9 Å². The van der Waals surface area contributed by atoms with Gasteiger partial charge in [0.2, 0.25) is 0 Å². The summed E-state index contributed by atoms with van der Waals surface area (Å²) in [5.41, 5.74) is 6.69. The molecule has 1 aromatic carbocycles. The molecule has 0 radical (unpaired) electrons. The highest BCUT2D eigenvalue weighted by molar-refractivity contribution is 8.07. The van der Waals surface area contributed by atoms with E-state index in [-0.39, 0.29) is 36.5 Å². The van der Waals surface area contributed by atoms with Crippen LogP contribution in [0.25, 0.3) is 22.2 Å². The normalized spacial score (nSPS) is 34.8. The van der Waals surface area contributed by atoms with Crippen molar-refractivity contribution in [2.45, 2.75) is 49.7 Å². The number of nitrogens with two attached hydrogens (primary N) is 1. The SMILES string of the molecule is Nc1ncnc2c1ncn2[C@H]1C[C@@H]2OP(=O)(O)OC[C@H]3O[C@@H](n4nnc5c([N+](=O)[O-])cccc54)C[C@@H]3OP(O)(=S)OC[C@H]2O1. The maximum atomic E-state index is 13.1. The maximum absolute atomic E-state index is 13.1. The number of phosphoric ester groups is 1. The molecule has 7 rings (SSSR count). The molecular formula is C21H23N9O11P2S. The summed E-state index contributed by atoms with van der Waals surface area (Å²) in [6, 6.07) is 4.34. The molecule has 20 nitrogen and oxygen atoms in total. The van der Waals surface area contributed by atoms with Gasteiger partial charge in [-0.25, -0.2) is 24.2 Å². The van der Waals surface area contributed by atoms with Crippen molar-refractivity contribution in [2.24, 2.45) is 0 Å². The lowest BCUT2D eigenvalue weighted by atomic mass is 10.2. The van der Waals surface area contributed by atoms with E-state index in [2.05, 4.69) is 25.3 Å². The van der Waals surface area contributed by atoms with E-state index in [0.29, 0.717) is 16.7 Å². The molecule has 4 N–H and O–H groups in total. The molecule has 3 aliphatic rings. The van der Waals surface area contributed by atoms with Crippen LogP contribution in [0.3, 0.4) is 0 Å². The van der Waals surface area contributed by atoms with Crippen molar-refractivity contribution in [3.8, 4) is 0 Å². The summed E-state index contributed by atoms with van der Waals surface area (Å²) in [5, 5.41) is 19.3. The molecule has 23 heteroatoms. The molecule has 3 aromatic heterocycles. The summed E-state index contributed by atoms with van der Waals surface area (Å²) >= 11 is 5.27. The summed E-state index contributed by atoms with van der Waals surface area (Å²) in [7, 11) is -4.72. The van der Waals surface area contributed by atoms with E-state index in [4.69, 9.17) is 45.1 Å². The van der Waals surface area contributed by atoms with Gasteiger partial charge in [0.25, 0.3) is 5.69 Å². The smallest absolute Gasteiger partial charge is 0.382 e. The van der Waals surface area contributed by atoms with E-state index < -0.39 is 62.9 Å². The fourth-order valence-corrected chi connectivity index (χ4v) is 7.80. The number of hydrogen-bond acceptors (Lipinski definition) is 16. The van der Waals surface area contributed by atoms with Gasteiger partial charge in [0.15, 0.2) is 23.2 Å². The van der Waals surface area contributed by atoms with Crippen LogP contribution in [0.4, 0.5) is 11.5 Å². The molecular weight excluding hydrogens is 648 g/mol. The Labute approximate surface area is 251 Å². The first-order chi connectivity index (χ1) is 21.0. The highest BCUT2D eigenvalue weighted by Gasteiger charge is 2.47. The lowest BCUT2D eigenvalue weighted by Gasteiger charge is -2.28. The van der Waals surface area contributed by atoms with Crippen molar-refractivity contribution in [3.05, 3.63) is 41.0 Å². The van der Waals surface area contributed by atoms with Crippen molar-refractivity contribution < 1.29 is 46.8 Å². The Morgan fingerprint density at radius 2 is 1.73 bits per heavy atom. The van der Waals surface area contributed by atoms with Gasteiger partial charge in [-0.2, -0.15) is 0 Å². The number of phosphoric acid groups is 1. The van der Waals surface area contributed by atoms with E-state index in [1.807, 2.05) is 0 Å². The summed E-state index contributed by atoms with van der Waals surface area (Å²) < 4.78 is 50.2. The maximum Gasteiger partial charge on any atom is 0.472 e. The number of hydrogen-bond donors (Lipinski definition) is 3. The number of nitrogen functional groups attached to an aromatic ring is 1. The number of rotatable bonds is 3. The van der Waals surface area contributed by atoms with Crippen molar-refractivity contribution in [1.29, 1.82) is 0 Å². The number of nitro groups is 1. The van der Waals surface area contributed by atoms with E-state index in [1.165, 1.54) is 29.5 Å². The van der Waals surface area contributed by atoms with Crippen LogP contribution in [0.15, 0.2) is 30.9 Å². The minimum Gasteiger partial charge on any atom is -0.382 e. The van der Waals surface area contributed by atoms with Gasteiger partial charge in [-0.3, -0.25) is 23.7 Å². The molecule has 3 aliphatic heterocycles. The van der Waals surface area contributed by atoms with Gasteiger partial charge in [0, 0.05) is 18.9 Å². The Morgan fingerprint density at radius 1 is 1.00 bits per heavy atom. The molecule has 6 heterocycles. The molecule has 8 atom stereocenters. The first-order valence-electron chi connectivity index (χ1n) is 13.0. The summed E-state index contributed by atoms with van der Waals surface area (Å²) in [6.45, 7) is -4.82. The lowest BCUT2D eigenvalue weighted by Crippen LogP contribution is -2.32. The van der Waals surface area contributed by atoms with E-state index in [0.717, 1.165) is 0 Å². The number of aromatic nitrogens is 7. The molecule has 234 valence electrons.